The summed E-state index contributed by atoms with van der Waals surface area (Å²) in [6.07, 6.45) is 1.51. The van der Waals surface area contributed by atoms with Gasteiger partial charge in [0.2, 0.25) is 0 Å². The third kappa shape index (κ3) is 3.94. The summed E-state index contributed by atoms with van der Waals surface area (Å²) in [5.74, 6) is -1.78. The van der Waals surface area contributed by atoms with E-state index in [2.05, 4.69) is 4.98 Å². The van der Waals surface area contributed by atoms with Crippen molar-refractivity contribution in [2.24, 2.45) is 0 Å². The molecule has 0 saturated carbocycles. The lowest BCUT2D eigenvalue weighted by atomic mass is 9.95. The van der Waals surface area contributed by atoms with E-state index in [4.69, 9.17) is 4.74 Å². The summed E-state index contributed by atoms with van der Waals surface area (Å²) in [5, 5.41) is 13.0. The van der Waals surface area contributed by atoms with Crippen molar-refractivity contribution < 1.29 is 23.8 Å². The summed E-state index contributed by atoms with van der Waals surface area (Å²) in [6, 6.07) is 11.1. The Hall–Kier alpha value is -3.52. The number of aliphatic hydroxyl groups excluding tert-OH is 1. The Morgan fingerprint density at radius 2 is 1.81 bits per heavy atom. The number of hydrogen-bond donors (Lipinski definition) is 1. The predicted octanol–water partition coefficient (Wildman–Crippen LogP) is 4.70. The molecule has 8 heteroatoms. The summed E-state index contributed by atoms with van der Waals surface area (Å²) < 4.78 is 19.1. The van der Waals surface area contributed by atoms with Crippen molar-refractivity contribution in [1.82, 2.24) is 4.98 Å². The highest BCUT2D eigenvalue weighted by molar-refractivity contribution is 7.14. The van der Waals surface area contributed by atoms with Crippen molar-refractivity contribution in [2.75, 3.05) is 4.90 Å². The molecule has 3 aromatic rings. The van der Waals surface area contributed by atoms with E-state index in [0.717, 1.165) is 0 Å². The normalized spacial score (nSPS) is 18.1. The molecule has 4 rings (SSSR count). The number of ether oxygens (including phenoxy) is 1. The molecular weight excluding hydrogens is 419 g/mol. The topological polar surface area (TPSA) is 79.7 Å². The van der Waals surface area contributed by atoms with Crippen molar-refractivity contribution >= 4 is 33.9 Å². The minimum Gasteiger partial charge on any atom is -0.507 e. The highest BCUT2D eigenvalue weighted by Crippen LogP contribution is 2.42. The Balaban J connectivity index is 1.84. The van der Waals surface area contributed by atoms with Gasteiger partial charge in [-0.15, -0.1) is 11.3 Å². The summed E-state index contributed by atoms with van der Waals surface area (Å²) in [4.78, 5) is 31.2. The number of aliphatic hydroxyl groups is 1. The van der Waals surface area contributed by atoms with Gasteiger partial charge in [0, 0.05) is 17.1 Å². The molecule has 1 amide bonds. The summed E-state index contributed by atoms with van der Waals surface area (Å²) >= 11 is 1.19. The lowest BCUT2D eigenvalue weighted by Crippen LogP contribution is -2.29. The Kier molecular flexibility index (Phi) is 5.56. The molecule has 0 bridgehead atoms. The maximum Gasteiger partial charge on any atom is 0.301 e. The third-order valence-corrected chi connectivity index (χ3v) is 5.53. The molecular formula is C23H19FN2O4S. The van der Waals surface area contributed by atoms with E-state index in [-0.39, 0.29) is 17.4 Å². The van der Waals surface area contributed by atoms with Crippen LogP contribution in [-0.4, -0.2) is 27.9 Å². The van der Waals surface area contributed by atoms with E-state index in [0.29, 0.717) is 22.0 Å². The fraction of sp³-hybridized carbons (Fsp3) is 0.174. The number of aromatic nitrogens is 1. The van der Waals surface area contributed by atoms with E-state index < -0.39 is 23.5 Å². The smallest absolute Gasteiger partial charge is 0.301 e. The summed E-state index contributed by atoms with van der Waals surface area (Å²) in [7, 11) is 0. The first-order valence-corrected chi connectivity index (χ1v) is 10.5. The average Bonchev–Trinajstić information content (AvgIpc) is 3.35. The van der Waals surface area contributed by atoms with Crippen molar-refractivity contribution in [1.29, 1.82) is 0 Å². The monoisotopic (exact) mass is 438 g/mol. The number of thiazole rings is 1. The minimum absolute atomic E-state index is 0.0125. The van der Waals surface area contributed by atoms with Crippen LogP contribution in [0, 0.1) is 5.82 Å². The van der Waals surface area contributed by atoms with Crippen molar-refractivity contribution in [3.8, 4) is 5.75 Å². The number of hydrogen-bond acceptors (Lipinski definition) is 6. The van der Waals surface area contributed by atoms with Crippen LogP contribution < -0.4 is 9.64 Å². The first kappa shape index (κ1) is 20.7. The van der Waals surface area contributed by atoms with Crippen LogP contribution in [0.3, 0.4) is 0 Å². The molecule has 0 spiro atoms. The first-order chi connectivity index (χ1) is 14.9. The summed E-state index contributed by atoms with van der Waals surface area (Å²) in [5.41, 5.74) is 0.766. The van der Waals surface area contributed by atoms with Crippen LogP contribution in [0.2, 0.25) is 0 Å². The zero-order valence-electron chi connectivity index (χ0n) is 16.8. The molecule has 1 aromatic heterocycles. The number of ketones is 1. The van der Waals surface area contributed by atoms with Gasteiger partial charge in [-0.1, -0.05) is 12.1 Å². The number of rotatable bonds is 5. The molecule has 2 heterocycles. The van der Waals surface area contributed by atoms with Gasteiger partial charge in [0.1, 0.15) is 17.3 Å². The second-order valence-corrected chi connectivity index (χ2v) is 8.10. The Labute approximate surface area is 182 Å². The van der Waals surface area contributed by atoms with Gasteiger partial charge < -0.3 is 9.84 Å². The number of benzene rings is 2. The zero-order valence-corrected chi connectivity index (χ0v) is 17.6. The van der Waals surface area contributed by atoms with Gasteiger partial charge in [0.15, 0.2) is 5.13 Å². The lowest BCUT2D eigenvalue weighted by Gasteiger charge is -2.23. The van der Waals surface area contributed by atoms with Gasteiger partial charge in [-0.25, -0.2) is 9.37 Å². The zero-order chi connectivity index (χ0) is 22.1. The number of anilines is 1. The fourth-order valence-corrected chi connectivity index (χ4v) is 4.11. The predicted molar refractivity (Wildman–Crippen MR) is 116 cm³/mol. The molecule has 1 saturated heterocycles. The van der Waals surface area contributed by atoms with Crippen LogP contribution in [0.1, 0.15) is 31.0 Å². The molecule has 1 atom stereocenters. The SMILES string of the molecule is CC(C)Oc1ccc(C(O)=C2C(=O)C(=O)N(c3nccs3)[C@H]2c2ccc(F)cc2)cc1. The highest BCUT2D eigenvalue weighted by Gasteiger charge is 2.47. The number of Topliss-reactive ketones (excluding diaryl/α,β-unsaturated/α-hetero) is 1. The second kappa shape index (κ2) is 8.31. The standard InChI is InChI=1S/C23H19FN2O4S/c1-13(2)30-17-9-5-15(6-10-17)20(27)18-19(14-3-7-16(24)8-4-14)26(22(29)21(18)28)23-25-11-12-31-23/h3-13,19,27H,1-2H3/t19-/m0/s1. The van der Waals surface area contributed by atoms with Crippen LogP contribution in [0.5, 0.6) is 5.75 Å². The van der Waals surface area contributed by atoms with Gasteiger partial charge >= 0.3 is 5.91 Å². The number of amides is 1. The maximum atomic E-state index is 13.5. The fourth-order valence-electron chi connectivity index (χ4n) is 3.44. The molecule has 0 aliphatic carbocycles. The molecule has 6 nitrogen and oxygen atoms in total. The number of nitrogens with zero attached hydrogens (tertiary/aromatic N) is 2. The van der Waals surface area contributed by atoms with Crippen molar-refractivity contribution in [3.63, 3.8) is 0 Å². The largest absolute Gasteiger partial charge is 0.507 e. The van der Waals surface area contributed by atoms with Gasteiger partial charge in [0.25, 0.3) is 5.78 Å². The van der Waals surface area contributed by atoms with E-state index in [1.807, 2.05) is 13.8 Å². The first-order valence-electron chi connectivity index (χ1n) is 9.60. The average molecular weight is 438 g/mol. The van der Waals surface area contributed by atoms with Crippen molar-refractivity contribution in [2.45, 2.75) is 26.0 Å². The van der Waals surface area contributed by atoms with Crippen LogP contribution in [-0.2, 0) is 9.59 Å². The van der Waals surface area contributed by atoms with Gasteiger partial charge in [-0.3, -0.25) is 14.5 Å². The molecule has 1 aliphatic rings. The molecule has 31 heavy (non-hydrogen) atoms. The van der Waals surface area contributed by atoms with E-state index in [1.165, 1.54) is 46.7 Å². The van der Waals surface area contributed by atoms with E-state index >= 15 is 0 Å². The maximum absolute atomic E-state index is 13.5. The van der Waals surface area contributed by atoms with Gasteiger partial charge in [0.05, 0.1) is 17.7 Å². The number of carbonyl (C=O) groups excluding carboxylic acids is 2. The van der Waals surface area contributed by atoms with E-state index in [9.17, 15) is 19.1 Å². The molecule has 0 unspecified atom stereocenters. The molecule has 1 N–H and O–H groups in total. The Bertz CT molecular complexity index is 1140. The number of halogens is 1. The lowest BCUT2D eigenvalue weighted by molar-refractivity contribution is -0.132. The molecule has 1 aliphatic heterocycles. The third-order valence-electron chi connectivity index (χ3n) is 4.76. The van der Waals surface area contributed by atoms with Crippen LogP contribution in [0.25, 0.3) is 5.76 Å². The molecule has 158 valence electrons. The van der Waals surface area contributed by atoms with Crippen molar-refractivity contribution in [3.05, 3.63) is 82.6 Å². The summed E-state index contributed by atoms with van der Waals surface area (Å²) in [6.45, 7) is 3.80. The van der Waals surface area contributed by atoms with Gasteiger partial charge in [-0.2, -0.15) is 0 Å². The van der Waals surface area contributed by atoms with Crippen LogP contribution >= 0.6 is 11.3 Å². The molecule has 1 fully saturated rings. The quantitative estimate of drug-likeness (QED) is 0.355. The minimum atomic E-state index is -0.932. The Morgan fingerprint density at radius 3 is 2.39 bits per heavy atom. The second-order valence-electron chi connectivity index (χ2n) is 7.23. The van der Waals surface area contributed by atoms with Gasteiger partial charge in [-0.05, 0) is 55.8 Å². The van der Waals surface area contributed by atoms with Crippen LogP contribution in [0.4, 0.5) is 9.52 Å². The highest BCUT2D eigenvalue weighted by atomic mass is 32.1. The molecule has 2 aromatic carbocycles. The van der Waals surface area contributed by atoms with Crippen LogP contribution in [0.15, 0.2) is 65.7 Å². The van der Waals surface area contributed by atoms with E-state index in [1.54, 1.807) is 29.6 Å². The number of carbonyl (C=O) groups is 2. The molecule has 0 radical (unpaired) electrons. The Morgan fingerprint density at radius 1 is 1.13 bits per heavy atom.